The number of rotatable bonds is 4. The van der Waals surface area contributed by atoms with E-state index in [1.54, 1.807) is 22.7 Å². The Balaban J connectivity index is 0.00000110. The van der Waals surface area contributed by atoms with Crippen LogP contribution in [0.2, 0.25) is 0 Å². The van der Waals surface area contributed by atoms with Crippen molar-refractivity contribution in [2.75, 3.05) is 0 Å². The van der Waals surface area contributed by atoms with E-state index in [1.807, 2.05) is 17.9 Å². The molecule has 0 unspecified atom stereocenters. The third-order valence-electron chi connectivity index (χ3n) is 2.79. The van der Waals surface area contributed by atoms with Gasteiger partial charge in [0.05, 0.1) is 17.0 Å². The summed E-state index contributed by atoms with van der Waals surface area (Å²) in [6.07, 6.45) is 6.57. The first-order chi connectivity index (χ1) is 9.22. The summed E-state index contributed by atoms with van der Waals surface area (Å²) in [5.74, 6) is 0. The van der Waals surface area contributed by atoms with Gasteiger partial charge < -0.3 is 4.57 Å². The van der Waals surface area contributed by atoms with E-state index in [0.717, 1.165) is 27.8 Å². The molecule has 0 aliphatic heterocycles. The molecule has 0 bridgehead atoms. The van der Waals surface area contributed by atoms with Crippen LogP contribution in [0.15, 0.2) is 29.5 Å². The van der Waals surface area contributed by atoms with Gasteiger partial charge in [-0.15, -0.1) is 47.5 Å². The molecule has 3 rings (SSSR count). The van der Waals surface area contributed by atoms with Crippen LogP contribution in [0.5, 0.6) is 0 Å². The minimum Gasteiger partial charge on any atom is -0.335 e. The van der Waals surface area contributed by atoms with Crippen LogP contribution in [0.4, 0.5) is 0 Å². The summed E-state index contributed by atoms with van der Waals surface area (Å²) < 4.78 is 2.12. The lowest BCUT2D eigenvalue weighted by Crippen LogP contribution is -1.96. The maximum absolute atomic E-state index is 4.62. The lowest BCUT2D eigenvalue weighted by Gasteiger charge is -2.03. The van der Waals surface area contributed by atoms with Crippen LogP contribution in [0.1, 0.15) is 30.6 Å². The van der Waals surface area contributed by atoms with Crippen molar-refractivity contribution < 1.29 is 0 Å². The van der Waals surface area contributed by atoms with Crippen molar-refractivity contribution in [3.8, 4) is 10.7 Å². The molecule has 0 aromatic carbocycles. The molecule has 0 saturated heterocycles. The largest absolute Gasteiger partial charge is 0.335 e. The smallest absolute Gasteiger partial charge is 0.142 e. The second-order valence-corrected chi connectivity index (χ2v) is 6.38. The number of imidazole rings is 1. The minimum absolute atomic E-state index is 0. The fourth-order valence-electron chi connectivity index (χ4n) is 1.75. The molecule has 0 aliphatic carbocycles. The molecule has 3 aromatic rings. The third-order valence-corrected chi connectivity index (χ3v) is 4.43. The van der Waals surface area contributed by atoms with Gasteiger partial charge in [0.1, 0.15) is 10.7 Å². The van der Waals surface area contributed by atoms with Crippen molar-refractivity contribution in [1.29, 1.82) is 0 Å². The molecule has 0 fully saturated rings. The standard InChI is InChI=1S/C13H14N4S2.2ClH/c1-9(2)17-6-10(15-8-17)5-12-16-11(7-19-12)13-14-3-4-18-13;;/h3-4,6-9H,5H2,1-2H3;2*1H. The molecular formula is C13H16Cl2N4S2. The van der Waals surface area contributed by atoms with Gasteiger partial charge in [0, 0.05) is 35.6 Å². The number of thiazole rings is 2. The molecule has 3 heterocycles. The second kappa shape index (κ2) is 7.89. The van der Waals surface area contributed by atoms with E-state index in [-0.39, 0.29) is 24.8 Å². The number of halogens is 2. The number of hydrogen-bond donors (Lipinski definition) is 0. The van der Waals surface area contributed by atoms with Crippen LogP contribution in [0, 0.1) is 0 Å². The Morgan fingerprint density at radius 2 is 2.00 bits per heavy atom. The van der Waals surface area contributed by atoms with Gasteiger partial charge in [0.15, 0.2) is 0 Å². The van der Waals surface area contributed by atoms with Crippen LogP contribution < -0.4 is 0 Å². The first-order valence-corrected chi connectivity index (χ1v) is 7.85. The summed E-state index contributed by atoms with van der Waals surface area (Å²) in [7, 11) is 0. The van der Waals surface area contributed by atoms with Gasteiger partial charge >= 0.3 is 0 Å². The molecule has 0 spiro atoms. The zero-order valence-corrected chi connectivity index (χ0v) is 14.9. The van der Waals surface area contributed by atoms with E-state index in [1.165, 1.54) is 0 Å². The summed E-state index contributed by atoms with van der Waals surface area (Å²) in [4.78, 5) is 13.3. The number of nitrogens with zero attached hydrogens (tertiary/aromatic N) is 4. The first kappa shape index (κ1) is 18.1. The fourth-order valence-corrected chi connectivity index (χ4v) is 3.21. The van der Waals surface area contributed by atoms with Gasteiger partial charge in [-0.05, 0) is 13.8 Å². The molecule has 114 valence electrons. The minimum atomic E-state index is 0. The second-order valence-electron chi connectivity index (χ2n) is 4.55. The molecule has 0 atom stereocenters. The first-order valence-electron chi connectivity index (χ1n) is 6.09. The summed E-state index contributed by atoms with van der Waals surface area (Å²) >= 11 is 3.28. The summed E-state index contributed by atoms with van der Waals surface area (Å²) in [6.45, 7) is 4.30. The fraction of sp³-hybridized carbons (Fsp3) is 0.308. The Hall–Kier alpha value is -0.950. The molecule has 21 heavy (non-hydrogen) atoms. The molecule has 3 aromatic heterocycles. The molecule has 8 heteroatoms. The highest BCUT2D eigenvalue weighted by molar-refractivity contribution is 7.14. The Morgan fingerprint density at radius 3 is 2.62 bits per heavy atom. The Kier molecular flexibility index (Phi) is 6.80. The Bertz CT molecular complexity index is 661. The van der Waals surface area contributed by atoms with Crippen molar-refractivity contribution in [3.63, 3.8) is 0 Å². The van der Waals surface area contributed by atoms with Gasteiger partial charge in [0.25, 0.3) is 0 Å². The molecule has 0 N–H and O–H groups in total. The lowest BCUT2D eigenvalue weighted by atomic mass is 10.3. The maximum Gasteiger partial charge on any atom is 0.142 e. The van der Waals surface area contributed by atoms with Gasteiger partial charge in [-0.2, -0.15) is 0 Å². The predicted molar refractivity (Wildman–Crippen MR) is 93.1 cm³/mol. The Labute approximate surface area is 144 Å². The van der Waals surface area contributed by atoms with Gasteiger partial charge in [-0.25, -0.2) is 15.0 Å². The molecular weight excluding hydrogens is 347 g/mol. The SMILES string of the molecule is CC(C)n1cnc(Cc2nc(-c3nccs3)cs2)c1.Cl.Cl. The van der Waals surface area contributed by atoms with Crippen molar-refractivity contribution in [2.24, 2.45) is 0 Å². The average Bonchev–Trinajstić information content (AvgIpc) is 3.09. The number of aromatic nitrogens is 4. The van der Waals surface area contributed by atoms with Crippen molar-refractivity contribution in [3.05, 3.63) is 40.2 Å². The molecule has 0 amide bonds. The van der Waals surface area contributed by atoms with Crippen LogP contribution in [-0.2, 0) is 6.42 Å². The highest BCUT2D eigenvalue weighted by Crippen LogP contribution is 2.24. The van der Waals surface area contributed by atoms with Crippen LogP contribution in [-0.4, -0.2) is 19.5 Å². The highest BCUT2D eigenvalue weighted by atomic mass is 35.5. The van der Waals surface area contributed by atoms with Crippen molar-refractivity contribution >= 4 is 47.5 Å². The topological polar surface area (TPSA) is 43.6 Å². The zero-order chi connectivity index (χ0) is 13.2. The van der Waals surface area contributed by atoms with E-state index in [0.29, 0.717) is 6.04 Å². The molecule has 0 aliphatic rings. The summed E-state index contributed by atoms with van der Waals surface area (Å²) in [6, 6.07) is 0.448. The van der Waals surface area contributed by atoms with Crippen LogP contribution in [0.25, 0.3) is 10.7 Å². The summed E-state index contributed by atoms with van der Waals surface area (Å²) in [5, 5.41) is 6.10. The molecule has 4 nitrogen and oxygen atoms in total. The third kappa shape index (κ3) is 4.26. The number of hydrogen-bond acceptors (Lipinski definition) is 5. The van der Waals surface area contributed by atoms with Crippen LogP contribution in [0.3, 0.4) is 0 Å². The van der Waals surface area contributed by atoms with E-state index < -0.39 is 0 Å². The van der Waals surface area contributed by atoms with E-state index in [2.05, 4.69) is 44.9 Å². The predicted octanol–water partition coefficient (Wildman–Crippen LogP) is 4.48. The highest BCUT2D eigenvalue weighted by Gasteiger charge is 2.09. The van der Waals surface area contributed by atoms with Crippen molar-refractivity contribution in [1.82, 2.24) is 19.5 Å². The normalized spacial score (nSPS) is 10.2. The lowest BCUT2D eigenvalue weighted by molar-refractivity contribution is 0.599. The quantitative estimate of drug-likeness (QED) is 0.687. The molecule has 0 saturated carbocycles. The average molecular weight is 363 g/mol. The molecule has 0 radical (unpaired) electrons. The Morgan fingerprint density at radius 1 is 1.19 bits per heavy atom. The van der Waals surface area contributed by atoms with Crippen molar-refractivity contribution in [2.45, 2.75) is 26.3 Å². The zero-order valence-electron chi connectivity index (χ0n) is 11.6. The van der Waals surface area contributed by atoms with E-state index >= 15 is 0 Å². The summed E-state index contributed by atoms with van der Waals surface area (Å²) in [5.41, 5.74) is 2.03. The monoisotopic (exact) mass is 362 g/mol. The van der Waals surface area contributed by atoms with E-state index in [9.17, 15) is 0 Å². The van der Waals surface area contributed by atoms with Gasteiger partial charge in [-0.3, -0.25) is 0 Å². The van der Waals surface area contributed by atoms with E-state index in [4.69, 9.17) is 0 Å². The van der Waals surface area contributed by atoms with Gasteiger partial charge in [-0.1, -0.05) is 0 Å². The maximum atomic E-state index is 4.62. The van der Waals surface area contributed by atoms with Crippen LogP contribution >= 0.6 is 47.5 Å². The van der Waals surface area contributed by atoms with Gasteiger partial charge in [0.2, 0.25) is 0 Å².